The van der Waals surface area contributed by atoms with Crippen LogP contribution in [0.15, 0.2) is 24.3 Å². The third-order valence-corrected chi connectivity index (χ3v) is 1.80. The third kappa shape index (κ3) is 3.53. The standard InChI is InChI=1S/C10H14FNO/c1-12-7-10(13)6-8-3-2-4-9(11)5-8/h2-5,10,12-13H,6-7H2,1H3. The van der Waals surface area contributed by atoms with Crippen molar-refractivity contribution in [3.63, 3.8) is 0 Å². The van der Waals surface area contributed by atoms with Crippen LogP contribution in [0.3, 0.4) is 0 Å². The van der Waals surface area contributed by atoms with Gasteiger partial charge < -0.3 is 10.4 Å². The first-order chi connectivity index (χ1) is 6.22. The number of halogens is 1. The van der Waals surface area contributed by atoms with Crippen molar-refractivity contribution in [2.24, 2.45) is 0 Å². The van der Waals surface area contributed by atoms with E-state index in [0.29, 0.717) is 13.0 Å². The Kier molecular flexibility index (Phi) is 3.86. The van der Waals surface area contributed by atoms with Gasteiger partial charge in [-0.25, -0.2) is 4.39 Å². The number of hydrogen-bond acceptors (Lipinski definition) is 2. The molecule has 1 aromatic carbocycles. The summed E-state index contributed by atoms with van der Waals surface area (Å²) in [6, 6.07) is 6.30. The van der Waals surface area contributed by atoms with Gasteiger partial charge in [-0.05, 0) is 31.2 Å². The maximum absolute atomic E-state index is 12.7. The summed E-state index contributed by atoms with van der Waals surface area (Å²) in [5.41, 5.74) is 0.822. The lowest BCUT2D eigenvalue weighted by atomic mass is 10.1. The minimum absolute atomic E-state index is 0.255. The molecule has 0 aliphatic carbocycles. The van der Waals surface area contributed by atoms with Gasteiger partial charge in [-0.15, -0.1) is 0 Å². The molecule has 0 radical (unpaired) electrons. The van der Waals surface area contributed by atoms with Gasteiger partial charge in [0.2, 0.25) is 0 Å². The zero-order chi connectivity index (χ0) is 9.68. The molecular weight excluding hydrogens is 169 g/mol. The van der Waals surface area contributed by atoms with Crippen LogP contribution in [-0.2, 0) is 6.42 Å². The maximum Gasteiger partial charge on any atom is 0.123 e. The van der Waals surface area contributed by atoms with E-state index in [4.69, 9.17) is 0 Å². The number of aliphatic hydroxyl groups excluding tert-OH is 1. The Hall–Kier alpha value is -0.930. The molecule has 0 saturated carbocycles. The van der Waals surface area contributed by atoms with Gasteiger partial charge in [0.15, 0.2) is 0 Å². The Labute approximate surface area is 77.4 Å². The van der Waals surface area contributed by atoms with Crippen LogP contribution in [0, 0.1) is 5.82 Å². The molecule has 72 valence electrons. The highest BCUT2D eigenvalue weighted by Gasteiger charge is 2.04. The van der Waals surface area contributed by atoms with E-state index in [1.165, 1.54) is 12.1 Å². The lowest BCUT2D eigenvalue weighted by Crippen LogP contribution is -2.25. The number of aliphatic hydroxyl groups is 1. The van der Waals surface area contributed by atoms with Crippen LogP contribution in [0.5, 0.6) is 0 Å². The largest absolute Gasteiger partial charge is 0.391 e. The molecular formula is C10H14FNO. The first-order valence-electron chi connectivity index (χ1n) is 4.29. The molecule has 2 N–H and O–H groups in total. The topological polar surface area (TPSA) is 32.3 Å². The van der Waals surface area contributed by atoms with Crippen molar-refractivity contribution in [3.8, 4) is 0 Å². The summed E-state index contributed by atoms with van der Waals surface area (Å²) >= 11 is 0. The highest BCUT2D eigenvalue weighted by molar-refractivity contribution is 5.17. The van der Waals surface area contributed by atoms with Crippen molar-refractivity contribution in [1.82, 2.24) is 5.32 Å². The van der Waals surface area contributed by atoms with Crippen LogP contribution < -0.4 is 5.32 Å². The molecule has 0 heterocycles. The Morgan fingerprint density at radius 2 is 2.31 bits per heavy atom. The zero-order valence-electron chi connectivity index (χ0n) is 7.63. The Morgan fingerprint density at radius 1 is 1.54 bits per heavy atom. The van der Waals surface area contributed by atoms with Crippen LogP contribution in [0.1, 0.15) is 5.56 Å². The van der Waals surface area contributed by atoms with Crippen LogP contribution in [0.2, 0.25) is 0 Å². The molecule has 0 aliphatic rings. The highest BCUT2D eigenvalue weighted by Crippen LogP contribution is 2.05. The van der Waals surface area contributed by atoms with Crippen LogP contribution >= 0.6 is 0 Å². The molecule has 1 atom stereocenters. The number of nitrogens with one attached hydrogen (secondary N) is 1. The summed E-state index contributed by atoms with van der Waals surface area (Å²) in [5, 5.41) is 12.3. The van der Waals surface area contributed by atoms with Gasteiger partial charge in [0.05, 0.1) is 6.10 Å². The van der Waals surface area contributed by atoms with Crippen LogP contribution in [-0.4, -0.2) is 24.8 Å². The fourth-order valence-electron chi connectivity index (χ4n) is 1.24. The quantitative estimate of drug-likeness (QED) is 0.728. The van der Waals surface area contributed by atoms with Crippen molar-refractivity contribution in [3.05, 3.63) is 35.6 Å². The lowest BCUT2D eigenvalue weighted by Gasteiger charge is -2.09. The molecule has 0 fully saturated rings. The molecule has 0 aliphatic heterocycles. The van der Waals surface area contributed by atoms with Crippen LogP contribution in [0.4, 0.5) is 4.39 Å². The molecule has 0 spiro atoms. The molecule has 3 heteroatoms. The second-order valence-electron chi connectivity index (χ2n) is 3.05. The number of rotatable bonds is 4. The Balaban J connectivity index is 2.53. The number of benzene rings is 1. The fraction of sp³-hybridized carbons (Fsp3) is 0.400. The van der Waals surface area contributed by atoms with Crippen molar-refractivity contribution in [1.29, 1.82) is 0 Å². The first kappa shape index (κ1) is 10.2. The fourth-order valence-corrected chi connectivity index (χ4v) is 1.24. The second kappa shape index (κ2) is 4.94. The van der Waals surface area contributed by atoms with E-state index in [0.717, 1.165) is 5.56 Å². The normalized spacial score (nSPS) is 12.8. The predicted molar refractivity (Wildman–Crippen MR) is 50.0 cm³/mol. The SMILES string of the molecule is CNCC(O)Cc1cccc(F)c1. The van der Waals surface area contributed by atoms with E-state index in [-0.39, 0.29) is 5.82 Å². The van der Waals surface area contributed by atoms with Gasteiger partial charge in [-0.1, -0.05) is 12.1 Å². The molecule has 0 saturated heterocycles. The van der Waals surface area contributed by atoms with Gasteiger partial charge in [0.1, 0.15) is 5.82 Å². The summed E-state index contributed by atoms with van der Waals surface area (Å²) < 4.78 is 12.7. The van der Waals surface area contributed by atoms with E-state index < -0.39 is 6.10 Å². The van der Waals surface area contributed by atoms with Crippen molar-refractivity contribution in [2.45, 2.75) is 12.5 Å². The van der Waals surface area contributed by atoms with E-state index in [2.05, 4.69) is 5.32 Å². The van der Waals surface area contributed by atoms with Gasteiger partial charge in [0.25, 0.3) is 0 Å². The summed E-state index contributed by atoms with van der Waals surface area (Å²) in [5.74, 6) is -0.255. The summed E-state index contributed by atoms with van der Waals surface area (Å²) in [4.78, 5) is 0. The second-order valence-corrected chi connectivity index (χ2v) is 3.05. The minimum Gasteiger partial charge on any atom is -0.391 e. The smallest absolute Gasteiger partial charge is 0.123 e. The summed E-state index contributed by atoms with van der Waals surface area (Å²) in [6.45, 7) is 0.524. The maximum atomic E-state index is 12.7. The molecule has 1 unspecified atom stereocenters. The lowest BCUT2D eigenvalue weighted by molar-refractivity contribution is 0.174. The van der Waals surface area contributed by atoms with Gasteiger partial charge in [-0.2, -0.15) is 0 Å². The monoisotopic (exact) mass is 183 g/mol. The Morgan fingerprint density at radius 3 is 2.92 bits per heavy atom. The van der Waals surface area contributed by atoms with Gasteiger partial charge >= 0.3 is 0 Å². The zero-order valence-corrected chi connectivity index (χ0v) is 7.63. The number of hydrogen-bond donors (Lipinski definition) is 2. The minimum atomic E-state index is -0.452. The van der Waals surface area contributed by atoms with Crippen molar-refractivity contribution >= 4 is 0 Å². The molecule has 0 bridgehead atoms. The average molecular weight is 183 g/mol. The molecule has 1 aromatic rings. The van der Waals surface area contributed by atoms with E-state index >= 15 is 0 Å². The first-order valence-corrected chi connectivity index (χ1v) is 4.29. The van der Waals surface area contributed by atoms with E-state index in [1.807, 2.05) is 6.07 Å². The van der Waals surface area contributed by atoms with Gasteiger partial charge in [0, 0.05) is 6.54 Å². The van der Waals surface area contributed by atoms with Gasteiger partial charge in [-0.3, -0.25) is 0 Å². The molecule has 0 amide bonds. The predicted octanol–water partition coefficient (Wildman–Crippen LogP) is 0.948. The van der Waals surface area contributed by atoms with E-state index in [1.54, 1.807) is 13.1 Å². The molecule has 13 heavy (non-hydrogen) atoms. The summed E-state index contributed by atoms with van der Waals surface area (Å²) in [6.07, 6.45) is 0.0327. The van der Waals surface area contributed by atoms with E-state index in [9.17, 15) is 9.50 Å². The summed E-state index contributed by atoms with van der Waals surface area (Å²) in [7, 11) is 1.77. The molecule has 1 rings (SSSR count). The highest BCUT2D eigenvalue weighted by atomic mass is 19.1. The van der Waals surface area contributed by atoms with Crippen LogP contribution in [0.25, 0.3) is 0 Å². The molecule has 2 nitrogen and oxygen atoms in total. The Bertz CT molecular complexity index is 265. The third-order valence-electron chi connectivity index (χ3n) is 1.80. The van der Waals surface area contributed by atoms with Crippen molar-refractivity contribution < 1.29 is 9.50 Å². The average Bonchev–Trinajstić information content (AvgIpc) is 2.04. The number of likely N-dealkylation sites (N-methyl/N-ethyl adjacent to an activating group) is 1. The molecule has 0 aromatic heterocycles. The van der Waals surface area contributed by atoms with Crippen molar-refractivity contribution in [2.75, 3.05) is 13.6 Å².